The van der Waals surface area contributed by atoms with E-state index in [0.29, 0.717) is 12.8 Å². The summed E-state index contributed by atoms with van der Waals surface area (Å²) >= 11 is 0. The fourth-order valence-electron chi connectivity index (χ4n) is 6.03. The van der Waals surface area contributed by atoms with Crippen LogP contribution in [-0.2, 0) is 19.1 Å². The minimum atomic E-state index is -2.09. The molecule has 0 amide bonds. The van der Waals surface area contributed by atoms with E-state index < -0.39 is 51.6 Å². The number of Topliss-reactive ketones (excluding diaryl/α,β-unsaturated/α-hetero) is 1. The van der Waals surface area contributed by atoms with Crippen molar-refractivity contribution in [3.8, 4) is 0 Å². The molecule has 1 saturated carbocycles. The molecule has 0 spiro atoms. The summed E-state index contributed by atoms with van der Waals surface area (Å²) in [6, 6.07) is 0. The Morgan fingerprint density at radius 3 is 2.48 bits per heavy atom. The molecule has 3 aliphatic rings. The zero-order chi connectivity index (χ0) is 23.6. The van der Waals surface area contributed by atoms with Gasteiger partial charge in [-0.05, 0) is 59.2 Å². The van der Waals surface area contributed by atoms with Gasteiger partial charge in [-0.2, -0.15) is 0 Å². The summed E-state index contributed by atoms with van der Waals surface area (Å²) in [5, 5.41) is 23.4. The molecule has 0 aromatic heterocycles. The highest BCUT2D eigenvalue weighted by molar-refractivity contribution is 5.93. The molecule has 0 unspecified atom stereocenters. The first-order valence-corrected chi connectivity index (χ1v) is 10.9. The summed E-state index contributed by atoms with van der Waals surface area (Å²) < 4.78 is 12.2. The number of esters is 1. The van der Waals surface area contributed by atoms with Crippen LogP contribution in [0.3, 0.4) is 0 Å². The van der Waals surface area contributed by atoms with Gasteiger partial charge in [0, 0.05) is 6.42 Å². The van der Waals surface area contributed by atoms with Crippen molar-refractivity contribution in [1.29, 1.82) is 0 Å². The summed E-state index contributed by atoms with van der Waals surface area (Å²) in [5.41, 5.74) is -5.71. The Morgan fingerprint density at radius 2 is 1.94 bits per heavy atom. The Bertz CT molecular complexity index is 834. The van der Waals surface area contributed by atoms with E-state index in [4.69, 9.17) is 9.47 Å². The number of carbonyl (C=O) groups is 2. The lowest BCUT2D eigenvalue weighted by molar-refractivity contribution is -0.305. The molecular weight excluding hydrogens is 398 g/mol. The average Bonchev–Trinajstić information content (AvgIpc) is 2.63. The molecule has 7 heteroatoms. The molecule has 0 aromatic carbocycles. The summed E-state index contributed by atoms with van der Waals surface area (Å²) in [4.78, 5) is 28.0. The van der Waals surface area contributed by atoms with Crippen LogP contribution in [-0.4, -0.2) is 76.5 Å². The highest BCUT2D eigenvalue weighted by atomic mass is 16.6. The summed E-state index contributed by atoms with van der Waals surface area (Å²) in [5.74, 6) is -0.933. The molecule has 1 saturated heterocycles. The molecule has 2 fully saturated rings. The number of likely N-dealkylation sites (N-methyl/N-ethyl adjacent to an activating group) is 1. The Kier molecular flexibility index (Phi) is 5.63. The Hall–Kier alpha value is -1.54. The number of rotatable bonds is 4. The van der Waals surface area contributed by atoms with Crippen LogP contribution in [0.4, 0.5) is 0 Å². The van der Waals surface area contributed by atoms with Crippen molar-refractivity contribution in [2.75, 3.05) is 20.6 Å². The van der Waals surface area contributed by atoms with Gasteiger partial charge in [0.2, 0.25) is 0 Å². The second kappa shape index (κ2) is 7.24. The lowest BCUT2D eigenvalue weighted by Gasteiger charge is -2.66. The number of ketones is 1. The number of carbonyl (C=O) groups excluding carboxylic acids is 2. The van der Waals surface area contributed by atoms with Crippen molar-refractivity contribution >= 4 is 11.8 Å². The van der Waals surface area contributed by atoms with Gasteiger partial charge in [0.25, 0.3) is 0 Å². The third kappa shape index (κ3) is 3.24. The topological polar surface area (TPSA) is 96.3 Å². The van der Waals surface area contributed by atoms with Gasteiger partial charge >= 0.3 is 5.97 Å². The van der Waals surface area contributed by atoms with Crippen molar-refractivity contribution < 1.29 is 29.3 Å². The lowest BCUT2D eigenvalue weighted by Crippen LogP contribution is -2.81. The summed E-state index contributed by atoms with van der Waals surface area (Å²) in [7, 11) is 3.51. The van der Waals surface area contributed by atoms with Crippen LogP contribution in [0.25, 0.3) is 0 Å². The third-order valence-electron chi connectivity index (χ3n) is 7.82. The number of hydrogen-bond donors (Lipinski definition) is 2. The number of aliphatic hydroxyl groups excluding tert-OH is 1. The van der Waals surface area contributed by atoms with Gasteiger partial charge in [-0.1, -0.05) is 25.5 Å². The zero-order valence-electron chi connectivity index (χ0n) is 19.8. The van der Waals surface area contributed by atoms with E-state index in [1.807, 2.05) is 13.8 Å². The van der Waals surface area contributed by atoms with Crippen molar-refractivity contribution in [1.82, 2.24) is 4.90 Å². The molecule has 0 radical (unpaired) electrons. The minimum Gasteiger partial charge on any atom is -0.454 e. The first-order valence-electron chi connectivity index (χ1n) is 10.9. The smallest absolute Gasteiger partial charge is 0.320 e. The monoisotopic (exact) mass is 435 g/mol. The van der Waals surface area contributed by atoms with Crippen LogP contribution in [0.1, 0.15) is 53.9 Å². The SMILES string of the molecule is C=C[C@@]1(C)CC(=O)[C@@]2(O)[C@](C)(O1)[C@@H](OC(=O)CN(C)C)C=C1C(C)(C)CC[C@H](O)[C@@]12C. The van der Waals surface area contributed by atoms with E-state index in [1.54, 1.807) is 45.8 Å². The number of hydrogen-bond acceptors (Lipinski definition) is 7. The van der Waals surface area contributed by atoms with Crippen molar-refractivity contribution in [2.24, 2.45) is 10.8 Å². The number of ether oxygens (including phenoxy) is 2. The molecule has 3 rings (SSSR count). The molecule has 2 aliphatic carbocycles. The van der Waals surface area contributed by atoms with Gasteiger partial charge in [-0.15, -0.1) is 6.58 Å². The Balaban J connectivity index is 2.26. The highest BCUT2D eigenvalue weighted by Crippen LogP contribution is 2.64. The van der Waals surface area contributed by atoms with E-state index in [9.17, 15) is 19.8 Å². The standard InChI is InChI=1S/C24H37NO6/c1-9-21(4)13-17(27)24(29)22(5)15(20(2,3)11-10-16(22)26)12-18(23(24,6)31-21)30-19(28)14-25(7)8/h9,12,16,18,26,29H,1,10-11,13-14H2,2-8H3/t16-,18-,21-,22+,23+,24-/m0/s1. The van der Waals surface area contributed by atoms with Crippen LogP contribution >= 0.6 is 0 Å². The van der Waals surface area contributed by atoms with Gasteiger partial charge in [-0.3, -0.25) is 14.5 Å². The van der Waals surface area contributed by atoms with E-state index in [-0.39, 0.29) is 13.0 Å². The molecule has 174 valence electrons. The first kappa shape index (κ1) is 24.1. The quantitative estimate of drug-likeness (QED) is 0.515. The average molecular weight is 436 g/mol. The van der Waals surface area contributed by atoms with Crippen molar-refractivity contribution in [2.45, 2.75) is 82.9 Å². The zero-order valence-corrected chi connectivity index (χ0v) is 19.8. The fraction of sp³-hybridized carbons (Fsp3) is 0.750. The van der Waals surface area contributed by atoms with E-state index in [0.717, 1.165) is 5.57 Å². The molecule has 0 aromatic rings. The fourth-order valence-corrected chi connectivity index (χ4v) is 6.03. The van der Waals surface area contributed by atoms with Crippen LogP contribution in [0.5, 0.6) is 0 Å². The van der Waals surface area contributed by atoms with Gasteiger partial charge < -0.3 is 19.7 Å². The molecule has 0 bridgehead atoms. The van der Waals surface area contributed by atoms with Crippen molar-refractivity contribution in [3.05, 3.63) is 24.3 Å². The third-order valence-corrected chi connectivity index (χ3v) is 7.82. The lowest BCUT2D eigenvalue weighted by atomic mass is 9.44. The van der Waals surface area contributed by atoms with Gasteiger partial charge in [0.15, 0.2) is 17.5 Å². The highest BCUT2D eigenvalue weighted by Gasteiger charge is 2.76. The van der Waals surface area contributed by atoms with E-state index >= 15 is 0 Å². The van der Waals surface area contributed by atoms with Crippen LogP contribution in [0.15, 0.2) is 24.3 Å². The molecule has 1 heterocycles. The summed E-state index contributed by atoms with van der Waals surface area (Å²) in [6.07, 6.45) is 2.41. The Morgan fingerprint density at radius 1 is 1.32 bits per heavy atom. The predicted molar refractivity (Wildman–Crippen MR) is 116 cm³/mol. The molecule has 31 heavy (non-hydrogen) atoms. The maximum Gasteiger partial charge on any atom is 0.320 e. The Labute approximate surface area is 185 Å². The molecule has 7 nitrogen and oxygen atoms in total. The van der Waals surface area contributed by atoms with Gasteiger partial charge in [-0.25, -0.2) is 0 Å². The van der Waals surface area contributed by atoms with Crippen LogP contribution in [0, 0.1) is 10.8 Å². The maximum atomic E-state index is 13.7. The van der Waals surface area contributed by atoms with E-state index in [2.05, 4.69) is 6.58 Å². The summed E-state index contributed by atoms with van der Waals surface area (Å²) in [6.45, 7) is 13.0. The van der Waals surface area contributed by atoms with E-state index in [1.165, 1.54) is 6.08 Å². The molecule has 2 N–H and O–H groups in total. The normalized spacial score (nSPS) is 44.2. The first-order chi connectivity index (χ1) is 14.1. The number of nitrogens with zero attached hydrogens (tertiary/aromatic N) is 1. The second-order valence-corrected chi connectivity index (χ2v) is 10.9. The number of fused-ring (bicyclic) bond motifs is 3. The minimum absolute atomic E-state index is 0.0458. The molecular formula is C24H37NO6. The maximum absolute atomic E-state index is 13.7. The predicted octanol–water partition coefficient (Wildman–Crippen LogP) is 2.01. The second-order valence-electron chi connectivity index (χ2n) is 10.9. The number of aliphatic hydroxyl groups is 2. The van der Waals surface area contributed by atoms with Gasteiger partial charge in [0.1, 0.15) is 5.60 Å². The van der Waals surface area contributed by atoms with Crippen LogP contribution < -0.4 is 0 Å². The van der Waals surface area contributed by atoms with Gasteiger partial charge in [0.05, 0.1) is 23.7 Å². The molecule has 6 atom stereocenters. The van der Waals surface area contributed by atoms with Crippen molar-refractivity contribution in [3.63, 3.8) is 0 Å². The largest absolute Gasteiger partial charge is 0.454 e. The van der Waals surface area contributed by atoms with Crippen LogP contribution in [0.2, 0.25) is 0 Å². The molecule has 1 aliphatic heterocycles.